The van der Waals surface area contributed by atoms with E-state index in [1.807, 2.05) is 0 Å². The Kier molecular flexibility index (Phi) is 3.62. The molecule has 0 unspecified atom stereocenters. The number of hydrogen-bond donors (Lipinski definition) is 0. The normalized spacial score (nSPS) is 10.6. The van der Waals surface area contributed by atoms with Gasteiger partial charge in [0.25, 0.3) is 0 Å². The van der Waals surface area contributed by atoms with Gasteiger partial charge in [0.15, 0.2) is 17.4 Å². The van der Waals surface area contributed by atoms with Gasteiger partial charge in [0, 0.05) is 11.1 Å². The molecule has 2 aromatic carbocycles. The van der Waals surface area contributed by atoms with Crippen molar-refractivity contribution in [2.75, 3.05) is 0 Å². The maximum atomic E-state index is 13.2. The third kappa shape index (κ3) is 2.63. The number of hydrogen-bond acceptors (Lipinski definition) is 1. The zero-order chi connectivity index (χ0) is 14.2. The van der Waals surface area contributed by atoms with Crippen LogP contribution in [0.15, 0.2) is 30.3 Å². The molecule has 2 aromatic rings. The number of carbonyl (C=O) groups is 1. The molecule has 0 radical (unpaired) electrons. The van der Waals surface area contributed by atoms with Crippen molar-refractivity contribution in [1.29, 1.82) is 0 Å². The van der Waals surface area contributed by atoms with Gasteiger partial charge in [-0.15, -0.1) is 0 Å². The van der Waals surface area contributed by atoms with Crippen molar-refractivity contribution >= 4 is 17.4 Å². The Morgan fingerprint density at radius 1 is 1.00 bits per heavy atom. The van der Waals surface area contributed by atoms with Gasteiger partial charge in [0.2, 0.25) is 0 Å². The molecule has 5 heteroatoms. The smallest absolute Gasteiger partial charge is 0.194 e. The molecule has 0 aliphatic carbocycles. The molecule has 1 nitrogen and oxygen atoms in total. The Labute approximate surface area is 112 Å². The minimum Gasteiger partial charge on any atom is -0.289 e. The number of ketones is 1. The number of rotatable bonds is 2. The molecule has 0 saturated carbocycles. The van der Waals surface area contributed by atoms with Gasteiger partial charge >= 0.3 is 0 Å². The molecular weight excluding hydrogens is 277 g/mol. The summed E-state index contributed by atoms with van der Waals surface area (Å²) in [5.41, 5.74) is 0.426. The molecule has 0 fully saturated rings. The first-order valence-corrected chi connectivity index (χ1v) is 5.73. The van der Waals surface area contributed by atoms with E-state index in [1.165, 1.54) is 12.1 Å². The Balaban J connectivity index is 2.53. The van der Waals surface area contributed by atoms with Crippen molar-refractivity contribution in [1.82, 2.24) is 0 Å². The Bertz CT molecular complexity index is 668. The van der Waals surface area contributed by atoms with E-state index in [0.717, 1.165) is 18.2 Å². The highest BCUT2D eigenvalue weighted by Crippen LogP contribution is 2.24. The van der Waals surface area contributed by atoms with E-state index >= 15 is 0 Å². The fraction of sp³-hybridized carbons (Fsp3) is 0.0714. The quantitative estimate of drug-likeness (QED) is 0.594. The fourth-order valence-electron chi connectivity index (χ4n) is 1.72. The highest BCUT2D eigenvalue weighted by Gasteiger charge is 2.18. The zero-order valence-electron chi connectivity index (χ0n) is 9.81. The molecule has 0 amide bonds. The first-order valence-electron chi connectivity index (χ1n) is 5.35. The minimum atomic E-state index is -1.16. The van der Waals surface area contributed by atoms with Gasteiger partial charge in [-0.1, -0.05) is 11.6 Å². The molecule has 0 spiro atoms. The summed E-state index contributed by atoms with van der Waals surface area (Å²) in [5, 5.41) is -0.187. The predicted octanol–water partition coefficient (Wildman–Crippen LogP) is 4.30. The maximum Gasteiger partial charge on any atom is 0.194 e. The van der Waals surface area contributed by atoms with E-state index in [2.05, 4.69) is 0 Å². The SMILES string of the molecule is Cc1cc(F)ccc1C(=O)c1cc(F)c(F)cc1Cl. The first-order chi connectivity index (χ1) is 8.90. The lowest BCUT2D eigenvalue weighted by molar-refractivity contribution is 0.103. The summed E-state index contributed by atoms with van der Waals surface area (Å²) in [5.74, 6) is -3.35. The molecule has 0 aliphatic heterocycles. The molecule has 0 heterocycles. The number of halogens is 4. The summed E-state index contributed by atoms with van der Waals surface area (Å²) in [6.45, 7) is 1.55. The van der Waals surface area contributed by atoms with Crippen molar-refractivity contribution < 1.29 is 18.0 Å². The topological polar surface area (TPSA) is 17.1 Å². The second-order valence-electron chi connectivity index (χ2n) is 4.03. The zero-order valence-corrected chi connectivity index (χ0v) is 10.6. The van der Waals surface area contributed by atoms with Crippen molar-refractivity contribution in [3.05, 3.63) is 69.5 Å². The van der Waals surface area contributed by atoms with Crippen molar-refractivity contribution in [3.63, 3.8) is 0 Å². The van der Waals surface area contributed by atoms with E-state index < -0.39 is 23.2 Å². The van der Waals surface area contributed by atoms with Crippen LogP contribution in [0.5, 0.6) is 0 Å². The molecular formula is C14H8ClF3O. The average Bonchev–Trinajstić information content (AvgIpc) is 2.33. The van der Waals surface area contributed by atoms with Crippen LogP contribution in [0, 0.1) is 24.4 Å². The molecule has 0 aliphatic rings. The van der Waals surface area contributed by atoms with Crippen LogP contribution in [0.2, 0.25) is 5.02 Å². The van der Waals surface area contributed by atoms with Crippen LogP contribution in [0.3, 0.4) is 0 Å². The van der Waals surface area contributed by atoms with Gasteiger partial charge in [-0.3, -0.25) is 4.79 Å². The summed E-state index contributed by atoms with van der Waals surface area (Å²) >= 11 is 5.73. The minimum absolute atomic E-state index is 0.157. The van der Waals surface area contributed by atoms with Gasteiger partial charge in [-0.05, 0) is 42.8 Å². The Morgan fingerprint density at radius 2 is 1.63 bits per heavy atom. The van der Waals surface area contributed by atoms with E-state index in [4.69, 9.17) is 11.6 Å². The molecule has 19 heavy (non-hydrogen) atoms. The molecule has 0 bridgehead atoms. The third-order valence-electron chi connectivity index (χ3n) is 2.69. The lowest BCUT2D eigenvalue weighted by Crippen LogP contribution is -2.06. The van der Waals surface area contributed by atoms with E-state index in [-0.39, 0.29) is 16.1 Å². The lowest BCUT2D eigenvalue weighted by atomic mass is 9.99. The molecule has 2 rings (SSSR count). The van der Waals surface area contributed by atoms with Crippen LogP contribution >= 0.6 is 11.6 Å². The Hall–Kier alpha value is -1.81. The largest absolute Gasteiger partial charge is 0.289 e. The maximum absolute atomic E-state index is 13.2. The summed E-state index contributed by atoms with van der Waals surface area (Å²) < 4.78 is 39.1. The second kappa shape index (κ2) is 5.05. The van der Waals surface area contributed by atoms with E-state index in [9.17, 15) is 18.0 Å². The van der Waals surface area contributed by atoms with Gasteiger partial charge < -0.3 is 0 Å². The first kappa shape index (κ1) is 13.6. The molecule has 98 valence electrons. The summed E-state index contributed by atoms with van der Waals surface area (Å²) in [7, 11) is 0. The number of carbonyl (C=O) groups excluding carboxylic acids is 1. The lowest BCUT2D eigenvalue weighted by Gasteiger charge is -2.07. The highest BCUT2D eigenvalue weighted by atomic mass is 35.5. The van der Waals surface area contributed by atoms with Gasteiger partial charge in [-0.2, -0.15) is 0 Å². The van der Waals surface area contributed by atoms with Gasteiger partial charge in [0.05, 0.1) is 5.02 Å². The monoisotopic (exact) mass is 284 g/mol. The fourth-order valence-corrected chi connectivity index (χ4v) is 1.96. The molecule has 0 atom stereocenters. The number of benzene rings is 2. The standard InChI is InChI=1S/C14H8ClF3O/c1-7-4-8(16)2-3-9(7)14(19)10-5-12(17)13(18)6-11(10)15/h2-6H,1H3. The predicted molar refractivity (Wildman–Crippen MR) is 65.9 cm³/mol. The van der Waals surface area contributed by atoms with Gasteiger partial charge in [-0.25, -0.2) is 13.2 Å². The highest BCUT2D eigenvalue weighted by molar-refractivity contribution is 6.35. The summed E-state index contributed by atoms with van der Waals surface area (Å²) in [4.78, 5) is 12.2. The second-order valence-corrected chi connectivity index (χ2v) is 4.44. The van der Waals surface area contributed by atoms with Crippen LogP contribution in [0.4, 0.5) is 13.2 Å². The van der Waals surface area contributed by atoms with Crippen LogP contribution in [0.1, 0.15) is 21.5 Å². The number of aryl methyl sites for hydroxylation is 1. The van der Waals surface area contributed by atoms with Gasteiger partial charge in [0.1, 0.15) is 5.82 Å². The molecule has 0 saturated heterocycles. The van der Waals surface area contributed by atoms with Crippen molar-refractivity contribution in [2.45, 2.75) is 6.92 Å². The van der Waals surface area contributed by atoms with Crippen molar-refractivity contribution in [3.8, 4) is 0 Å². The Morgan fingerprint density at radius 3 is 2.26 bits per heavy atom. The summed E-state index contributed by atoms with van der Waals surface area (Å²) in [6.07, 6.45) is 0. The molecule has 0 N–H and O–H groups in total. The van der Waals surface area contributed by atoms with Crippen LogP contribution in [-0.4, -0.2) is 5.78 Å². The van der Waals surface area contributed by atoms with Crippen LogP contribution in [0.25, 0.3) is 0 Å². The van der Waals surface area contributed by atoms with E-state index in [0.29, 0.717) is 5.56 Å². The van der Waals surface area contributed by atoms with Crippen LogP contribution in [-0.2, 0) is 0 Å². The van der Waals surface area contributed by atoms with E-state index in [1.54, 1.807) is 6.92 Å². The average molecular weight is 285 g/mol. The van der Waals surface area contributed by atoms with Crippen molar-refractivity contribution in [2.24, 2.45) is 0 Å². The molecule has 0 aromatic heterocycles. The summed E-state index contributed by atoms with van der Waals surface area (Å²) in [6, 6.07) is 5.06. The third-order valence-corrected chi connectivity index (χ3v) is 3.00. The van der Waals surface area contributed by atoms with Crippen LogP contribution < -0.4 is 0 Å².